The molecule has 1 aromatic rings. The van der Waals surface area contributed by atoms with Crippen LogP contribution in [0.3, 0.4) is 0 Å². The Balaban J connectivity index is 1.89. The lowest BCUT2D eigenvalue weighted by molar-refractivity contribution is -0.137. The van der Waals surface area contributed by atoms with Gasteiger partial charge in [-0.2, -0.15) is 8.78 Å². The van der Waals surface area contributed by atoms with Crippen molar-refractivity contribution in [2.45, 2.75) is 50.2 Å². The fourth-order valence-electron chi connectivity index (χ4n) is 3.45. The van der Waals surface area contributed by atoms with Gasteiger partial charge in [0, 0.05) is 18.8 Å². The first-order chi connectivity index (χ1) is 13.8. The lowest BCUT2D eigenvalue weighted by Crippen LogP contribution is -2.25. The number of aliphatic hydroxyl groups is 2. The number of ether oxygens (including phenoxy) is 1. The molecule has 0 aliphatic heterocycles. The van der Waals surface area contributed by atoms with Crippen LogP contribution in [-0.4, -0.2) is 46.0 Å². The van der Waals surface area contributed by atoms with Gasteiger partial charge in [0.2, 0.25) is 0 Å². The number of carbonyl (C=O) groups is 1. The molecular formula is C22H28F2O5. The van der Waals surface area contributed by atoms with Gasteiger partial charge in [-0.1, -0.05) is 36.4 Å². The van der Waals surface area contributed by atoms with Crippen molar-refractivity contribution in [2.75, 3.05) is 6.61 Å². The number of hydrogen-bond acceptors (Lipinski definition) is 4. The van der Waals surface area contributed by atoms with Crippen LogP contribution in [0, 0.1) is 11.8 Å². The highest BCUT2D eigenvalue weighted by atomic mass is 19.3. The minimum Gasteiger partial charge on any atom is -0.487 e. The van der Waals surface area contributed by atoms with Gasteiger partial charge in [-0.15, -0.1) is 0 Å². The van der Waals surface area contributed by atoms with Gasteiger partial charge in [-0.25, -0.2) is 0 Å². The smallest absolute Gasteiger partial charge is 0.303 e. The van der Waals surface area contributed by atoms with Crippen LogP contribution in [-0.2, 0) is 4.79 Å². The van der Waals surface area contributed by atoms with Gasteiger partial charge < -0.3 is 20.1 Å². The van der Waals surface area contributed by atoms with Gasteiger partial charge in [0.25, 0.3) is 5.92 Å². The quantitative estimate of drug-likeness (QED) is 0.381. The minimum absolute atomic E-state index is 0.0839. The number of carboxylic acid groups (broad SMARTS) is 1. The molecule has 1 aromatic carbocycles. The maximum atomic E-state index is 14.2. The molecule has 0 saturated heterocycles. The van der Waals surface area contributed by atoms with Crippen LogP contribution in [0.1, 0.15) is 32.1 Å². The van der Waals surface area contributed by atoms with E-state index in [0.29, 0.717) is 25.0 Å². The molecule has 7 heteroatoms. The van der Waals surface area contributed by atoms with E-state index < -0.39 is 36.6 Å². The molecule has 3 N–H and O–H groups in total. The number of allylic oxidation sites excluding steroid dienone is 2. The number of halogens is 2. The number of aliphatic carboxylic acids is 1. The topological polar surface area (TPSA) is 87.0 Å². The minimum atomic E-state index is -3.21. The average Bonchev–Trinajstić information content (AvgIpc) is 2.94. The zero-order valence-electron chi connectivity index (χ0n) is 16.2. The molecule has 0 bridgehead atoms. The summed E-state index contributed by atoms with van der Waals surface area (Å²) in [5, 5.41) is 28.9. The Morgan fingerprint density at radius 2 is 1.90 bits per heavy atom. The summed E-state index contributed by atoms with van der Waals surface area (Å²) < 4.78 is 33.4. The summed E-state index contributed by atoms with van der Waals surface area (Å²) >= 11 is 0. The van der Waals surface area contributed by atoms with Gasteiger partial charge in [-0.3, -0.25) is 4.79 Å². The van der Waals surface area contributed by atoms with E-state index in [1.165, 1.54) is 6.08 Å². The molecule has 29 heavy (non-hydrogen) atoms. The van der Waals surface area contributed by atoms with Crippen molar-refractivity contribution in [1.82, 2.24) is 0 Å². The maximum Gasteiger partial charge on any atom is 0.303 e. The van der Waals surface area contributed by atoms with Crippen molar-refractivity contribution >= 4 is 5.97 Å². The lowest BCUT2D eigenvalue weighted by atomic mass is 9.89. The van der Waals surface area contributed by atoms with Crippen molar-refractivity contribution in [3.8, 4) is 5.75 Å². The maximum absolute atomic E-state index is 14.2. The summed E-state index contributed by atoms with van der Waals surface area (Å²) in [5.41, 5.74) is 0. The number of rotatable bonds is 11. The Morgan fingerprint density at radius 1 is 1.17 bits per heavy atom. The van der Waals surface area contributed by atoms with Crippen LogP contribution in [0.25, 0.3) is 0 Å². The molecule has 2 rings (SSSR count). The molecule has 4 atom stereocenters. The zero-order chi connectivity index (χ0) is 21.3. The molecule has 0 spiro atoms. The molecule has 0 heterocycles. The first-order valence-electron chi connectivity index (χ1n) is 9.76. The van der Waals surface area contributed by atoms with Crippen molar-refractivity contribution in [3.63, 3.8) is 0 Å². The molecule has 0 radical (unpaired) electrons. The highest BCUT2D eigenvalue weighted by Crippen LogP contribution is 2.37. The van der Waals surface area contributed by atoms with E-state index in [0.717, 1.165) is 6.08 Å². The molecule has 5 nitrogen and oxygen atoms in total. The molecule has 160 valence electrons. The van der Waals surface area contributed by atoms with Crippen LogP contribution in [0.5, 0.6) is 5.75 Å². The van der Waals surface area contributed by atoms with Gasteiger partial charge in [-0.05, 0) is 43.4 Å². The van der Waals surface area contributed by atoms with E-state index in [-0.39, 0.29) is 18.8 Å². The summed E-state index contributed by atoms with van der Waals surface area (Å²) in [6, 6.07) is 8.34. The van der Waals surface area contributed by atoms with E-state index in [1.807, 2.05) is 12.2 Å². The lowest BCUT2D eigenvalue weighted by Gasteiger charge is -2.20. The number of hydrogen-bond donors (Lipinski definition) is 3. The van der Waals surface area contributed by atoms with Gasteiger partial charge in [0.1, 0.15) is 5.75 Å². The Hall–Kier alpha value is -2.25. The normalized spacial score (nSPS) is 25.1. The zero-order valence-corrected chi connectivity index (χ0v) is 16.2. The Bertz CT molecular complexity index is 690. The van der Waals surface area contributed by atoms with Crippen LogP contribution < -0.4 is 4.74 Å². The van der Waals surface area contributed by atoms with E-state index in [9.17, 15) is 23.8 Å². The molecule has 0 amide bonds. The molecule has 1 aliphatic rings. The third-order valence-corrected chi connectivity index (χ3v) is 4.99. The Labute approximate surface area is 169 Å². The molecule has 2 unspecified atom stereocenters. The predicted octanol–water partition coefficient (Wildman–Crippen LogP) is 3.82. The Morgan fingerprint density at radius 3 is 2.59 bits per heavy atom. The average molecular weight is 410 g/mol. The van der Waals surface area contributed by atoms with Crippen molar-refractivity contribution in [2.24, 2.45) is 11.8 Å². The highest BCUT2D eigenvalue weighted by Gasteiger charge is 2.40. The second-order valence-electron chi connectivity index (χ2n) is 7.33. The number of unbranched alkanes of at least 4 members (excludes halogenated alkanes) is 1. The van der Waals surface area contributed by atoms with Crippen molar-refractivity contribution < 1.29 is 33.6 Å². The third-order valence-electron chi connectivity index (χ3n) is 4.99. The van der Waals surface area contributed by atoms with Crippen molar-refractivity contribution in [1.29, 1.82) is 0 Å². The SMILES string of the molecule is O=C(O)CCCC=CC[C@H]1C(O)CC(O)[C@@H]1C=CC(F)(F)COc1ccccc1. The fraction of sp³-hybridized carbons (Fsp3) is 0.500. The number of aliphatic hydroxyl groups excluding tert-OH is 2. The van der Waals surface area contributed by atoms with Crippen LogP contribution in [0.2, 0.25) is 0 Å². The molecule has 1 saturated carbocycles. The second kappa shape index (κ2) is 11.1. The largest absolute Gasteiger partial charge is 0.487 e. The monoisotopic (exact) mass is 410 g/mol. The number of benzene rings is 1. The van der Waals surface area contributed by atoms with E-state index in [4.69, 9.17) is 9.84 Å². The molecule has 1 aliphatic carbocycles. The molecule has 0 aromatic heterocycles. The first-order valence-corrected chi connectivity index (χ1v) is 9.76. The molecule has 1 fully saturated rings. The molecular weight excluding hydrogens is 382 g/mol. The number of para-hydroxylation sites is 1. The summed E-state index contributed by atoms with van der Waals surface area (Å²) in [6.45, 7) is -0.812. The van der Waals surface area contributed by atoms with Crippen LogP contribution in [0.4, 0.5) is 8.78 Å². The number of carboxylic acids is 1. The second-order valence-corrected chi connectivity index (χ2v) is 7.33. The van der Waals surface area contributed by atoms with Crippen LogP contribution in [0.15, 0.2) is 54.6 Å². The van der Waals surface area contributed by atoms with E-state index in [2.05, 4.69) is 0 Å². The van der Waals surface area contributed by atoms with Gasteiger partial charge >= 0.3 is 5.97 Å². The first kappa shape index (κ1) is 23.0. The summed E-state index contributed by atoms with van der Waals surface area (Å²) in [5.74, 6) is -4.67. The standard InChI is InChI=1S/C22H28F2O5/c23-22(24,15-29-16-8-4-3-5-9-16)13-12-18-17(19(25)14-20(18)26)10-6-1-2-7-11-21(27)28/h1,3-6,8-9,12-13,17-20,25-26H,2,7,10-11,14-15H2,(H,27,28)/t17-,18-,19?,20?/m1/s1. The summed E-state index contributed by atoms with van der Waals surface area (Å²) in [4.78, 5) is 10.5. The van der Waals surface area contributed by atoms with Gasteiger partial charge in [0.15, 0.2) is 6.61 Å². The van der Waals surface area contributed by atoms with E-state index in [1.54, 1.807) is 30.3 Å². The van der Waals surface area contributed by atoms with E-state index >= 15 is 0 Å². The summed E-state index contributed by atoms with van der Waals surface area (Å²) in [7, 11) is 0. The fourth-order valence-corrected chi connectivity index (χ4v) is 3.45. The predicted molar refractivity (Wildman–Crippen MR) is 105 cm³/mol. The van der Waals surface area contributed by atoms with Crippen molar-refractivity contribution in [3.05, 3.63) is 54.6 Å². The summed E-state index contributed by atoms with van der Waals surface area (Å²) in [6.07, 6.45) is 5.73. The Kier molecular flexibility index (Phi) is 8.79. The highest BCUT2D eigenvalue weighted by molar-refractivity contribution is 5.66. The third kappa shape index (κ3) is 7.95. The van der Waals surface area contributed by atoms with Gasteiger partial charge in [0.05, 0.1) is 12.2 Å². The number of alkyl halides is 2. The van der Waals surface area contributed by atoms with Crippen LogP contribution >= 0.6 is 0 Å².